The molecule has 0 spiro atoms. The second-order valence-electron chi connectivity index (χ2n) is 16.8. The van der Waals surface area contributed by atoms with E-state index in [4.69, 9.17) is 33.9 Å². The number of amidine groups is 2. The van der Waals surface area contributed by atoms with Crippen LogP contribution in [-0.4, -0.2) is 80.2 Å². The van der Waals surface area contributed by atoms with Crippen molar-refractivity contribution in [3.05, 3.63) is 82.5 Å². The molecule has 2 aliphatic heterocycles. The summed E-state index contributed by atoms with van der Waals surface area (Å²) in [5, 5.41) is 42.2. The number of halogens is 1. The predicted molar refractivity (Wildman–Crippen MR) is 247 cm³/mol. The van der Waals surface area contributed by atoms with Gasteiger partial charge in [0.05, 0.1) is 28.4 Å². The van der Waals surface area contributed by atoms with Gasteiger partial charge in [0.25, 0.3) is 0 Å². The topological polar surface area (TPSA) is 222 Å². The first kappa shape index (κ1) is 46.8. The van der Waals surface area contributed by atoms with Crippen LogP contribution in [0.2, 0.25) is 5.02 Å². The number of aromatic nitrogens is 2. The van der Waals surface area contributed by atoms with E-state index in [-0.39, 0.29) is 46.2 Å². The van der Waals surface area contributed by atoms with Crippen LogP contribution in [0.5, 0.6) is 11.5 Å². The quantitative estimate of drug-likeness (QED) is 0.0529. The fourth-order valence-corrected chi connectivity index (χ4v) is 7.75. The lowest BCUT2D eigenvalue weighted by molar-refractivity contribution is -0.125. The molecule has 0 atom stereocenters. The molecule has 2 aliphatic rings. The number of likely N-dealkylation sites (tertiary alicyclic amines) is 1. The number of nitrogens with two attached hydrogens (primary N) is 2. The maximum Gasteiger partial charge on any atom is 0.230 e. The van der Waals surface area contributed by atoms with Crippen molar-refractivity contribution < 1.29 is 19.8 Å². The summed E-state index contributed by atoms with van der Waals surface area (Å²) in [7, 11) is 0. The number of amides is 1. The van der Waals surface area contributed by atoms with Crippen LogP contribution in [0.1, 0.15) is 90.3 Å². The number of anilines is 4. The van der Waals surface area contributed by atoms with E-state index >= 15 is 0 Å². The van der Waals surface area contributed by atoms with Gasteiger partial charge in [-0.1, -0.05) is 82.6 Å². The number of nitrogen functional groups attached to an aromatic ring is 1. The number of benzene rings is 3. The molecule has 0 aliphatic carbocycles. The van der Waals surface area contributed by atoms with Gasteiger partial charge in [0.1, 0.15) is 28.2 Å². The first-order valence-corrected chi connectivity index (χ1v) is 21.8. The summed E-state index contributed by atoms with van der Waals surface area (Å²) in [6, 6.07) is 15.2. The molecular formula is C45H59ClN10O4S. The molecule has 326 valence electrons. The monoisotopic (exact) mass is 870 g/mol. The van der Waals surface area contributed by atoms with Crippen molar-refractivity contribution in [2.75, 3.05) is 47.0 Å². The minimum atomic E-state index is -0.559. The van der Waals surface area contributed by atoms with Gasteiger partial charge < -0.3 is 31.9 Å². The molecule has 3 heterocycles. The van der Waals surface area contributed by atoms with Gasteiger partial charge >= 0.3 is 0 Å². The molecule has 2 saturated heterocycles. The van der Waals surface area contributed by atoms with E-state index < -0.39 is 11.6 Å². The maximum absolute atomic E-state index is 13.3. The molecule has 9 N–H and O–H groups in total. The zero-order valence-corrected chi connectivity index (χ0v) is 37.6. The molecule has 14 nitrogen and oxygen atoms in total. The average molecular weight is 872 g/mol. The summed E-state index contributed by atoms with van der Waals surface area (Å²) in [4.78, 5) is 40.9. The Morgan fingerprint density at radius 1 is 1.05 bits per heavy atom. The van der Waals surface area contributed by atoms with Crippen LogP contribution in [0.25, 0.3) is 0 Å². The Morgan fingerprint density at radius 3 is 2.26 bits per heavy atom. The second-order valence-corrected chi connectivity index (χ2v) is 18.2. The smallest absolute Gasteiger partial charge is 0.230 e. The van der Waals surface area contributed by atoms with Crippen molar-refractivity contribution in [2.45, 2.75) is 95.7 Å². The van der Waals surface area contributed by atoms with Crippen molar-refractivity contribution >= 4 is 69.7 Å². The molecule has 0 saturated carbocycles. The number of ketones is 1. The van der Waals surface area contributed by atoms with Crippen molar-refractivity contribution in [1.82, 2.24) is 14.9 Å². The van der Waals surface area contributed by atoms with E-state index in [1.807, 2.05) is 38.1 Å². The van der Waals surface area contributed by atoms with Crippen molar-refractivity contribution in [1.29, 1.82) is 10.8 Å². The van der Waals surface area contributed by atoms with Gasteiger partial charge in [0, 0.05) is 61.8 Å². The van der Waals surface area contributed by atoms with Crippen LogP contribution < -0.4 is 26.6 Å². The van der Waals surface area contributed by atoms with Crippen LogP contribution in [0, 0.1) is 22.7 Å². The van der Waals surface area contributed by atoms with E-state index in [9.17, 15) is 19.8 Å². The molecule has 6 rings (SSSR count). The first-order valence-electron chi connectivity index (χ1n) is 20.6. The summed E-state index contributed by atoms with van der Waals surface area (Å²) in [5.41, 5.74) is 14.8. The van der Waals surface area contributed by atoms with Gasteiger partial charge in [0.15, 0.2) is 17.4 Å². The summed E-state index contributed by atoms with van der Waals surface area (Å²) < 4.78 is 0. The van der Waals surface area contributed by atoms with Gasteiger partial charge in [-0.3, -0.25) is 30.2 Å². The number of phenolic OH excluding ortho intramolecular Hbond substituents is 2. The number of nitrogens with one attached hydrogen (secondary N) is 3. The molecule has 3 aromatic carbocycles. The molecule has 0 unspecified atom stereocenters. The Labute approximate surface area is 368 Å². The van der Waals surface area contributed by atoms with E-state index in [0.717, 1.165) is 42.3 Å². The standard InChI is InChI=1S/C40H47ClN10O4S.C5H12/c1-22(2)27-16-28(31(54)17-30(27)53)37(44)51(36(43)23(3)52)26-10-8-24(9-11-26)19-49-20-25(21-49)38(55)47-29-6-5-7-32(34(29)41)56-39-35(42)48-33(18-46-39)50-14-12-40(4,45)13-15-50;1-4-5(2)3/h5-11,16-18,22,25,43-44,53-54H,12-15,19-21,45H2,1-4H3,(H2,42,48)(H,47,55);5H,4H2,1-3H3. The number of carbonyl (C=O) groups excluding carboxylic acids is 2. The van der Waals surface area contributed by atoms with Crippen LogP contribution in [-0.2, 0) is 16.1 Å². The van der Waals surface area contributed by atoms with E-state index in [1.165, 1.54) is 37.2 Å². The summed E-state index contributed by atoms with van der Waals surface area (Å²) in [5.74, 6) is -0.310. The summed E-state index contributed by atoms with van der Waals surface area (Å²) in [6.07, 6.45) is 4.73. The van der Waals surface area contributed by atoms with Crippen LogP contribution in [0.4, 0.5) is 23.0 Å². The number of carbonyl (C=O) groups is 2. The van der Waals surface area contributed by atoms with Crippen LogP contribution in [0.3, 0.4) is 0 Å². The Balaban J connectivity index is 0.00000133. The highest BCUT2D eigenvalue weighted by Crippen LogP contribution is 2.39. The first-order chi connectivity index (χ1) is 28.8. The number of hydrogen-bond donors (Lipinski definition) is 7. The fourth-order valence-electron chi connectivity index (χ4n) is 6.65. The number of Topliss-reactive ketones (excluding diaryl/α,β-unsaturated/α-hetero) is 1. The molecule has 1 amide bonds. The number of piperidine rings is 1. The van der Waals surface area contributed by atoms with Gasteiger partial charge in [0.2, 0.25) is 5.91 Å². The zero-order chi connectivity index (χ0) is 44.8. The normalized spacial score (nSPS) is 15.2. The number of hydrogen-bond acceptors (Lipinski definition) is 13. The van der Waals surface area contributed by atoms with Crippen LogP contribution in [0.15, 0.2) is 70.7 Å². The highest BCUT2D eigenvalue weighted by Gasteiger charge is 2.33. The third kappa shape index (κ3) is 11.8. The lowest BCUT2D eigenvalue weighted by Crippen LogP contribution is -2.51. The van der Waals surface area contributed by atoms with Crippen molar-refractivity contribution in [3.63, 3.8) is 0 Å². The number of rotatable bonds is 12. The third-order valence-electron chi connectivity index (χ3n) is 11.0. The van der Waals surface area contributed by atoms with Crippen LogP contribution >= 0.6 is 23.4 Å². The largest absolute Gasteiger partial charge is 0.508 e. The molecular weight excluding hydrogens is 812 g/mol. The number of phenols is 2. The molecule has 1 aromatic heterocycles. The fraction of sp³-hybridized carbons (Fsp3) is 0.422. The second kappa shape index (κ2) is 20.1. The molecule has 16 heteroatoms. The Hall–Kier alpha value is -5.22. The van der Waals surface area contributed by atoms with Gasteiger partial charge in [-0.25, -0.2) is 9.97 Å². The minimum Gasteiger partial charge on any atom is -0.508 e. The van der Waals surface area contributed by atoms with Gasteiger partial charge in [-0.15, -0.1) is 0 Å². The number of nitrogens with zero attached hydrogens (tertiary/aromatic N) is 5. The Bertz CT molecular complexity index is 2240. The molecule has 4 aromatic rings. The van der Waals surface area contributed by atoms with Crippen molar-refractivity contribution in [3.8, 4) is 11.5 Å². The highest BCUT2D eigenvalue weighted by atomic mass is 35.5. The average Bonchev–Trinajstić information content (AvgIpc) is 3.18. The molecule has 2 fully saturated rings. The molecule has 0 radical (unpaired) electrons. The lowest BCUT2D eigenvalue weighted by Gasteiger charge is -2.38. The highest BCUT2D eigenvalue weighted by molar-refractivity contribution is 7.99. The van der Waals surface area contributed by atoms with E-state index in [2.05, 4.69) is 52.8 Å². The third-order valence-corrected chi connectivity index (χ3v) is 12.5. The molecule has 0 bridgehead atoms. The SMILES string of the molecule is CC(=O)C(=N)N(C(=N)c1cc(C(C)C)c(O)cc1O)c1ccc(CN2CC(C(=O)Nc3cccc(Sc4ncc(N5CCC(C)(N)CC5)nc4N)c3Cl)C2)cc1.CCC(C)C. The van der Waals surface area contributed by atoms with Gasteiger partial charge in [-0.2, -0.15) is 0 Å². The van der Waals surface area contributed by atoms with E-state index in [1.54, 1.807) is 24.4 Å². The van der Waals surface area contributed by atoms with Crippen molar-refractivity contribution in [2.24, 2.45) is 17.6 Å². The summed E-state index contributed by atoms with van der Waals surface area (Å²) in [6.45, 7) is 16.9. The maximum atomic E-state index is 13.3. The molecule has 61 heavy (non-hydrogen) atoms. The minimum absolute atomic E-state index is 0.0799. The predicted octanol–water partition coefficient (Wildman–Crippen LogP) is 8.24. The number of aromatic hydroxyl groups is 2. The van der Waals surface area contributed by atoms with E-state index in [0.29, 0.717) is 63.2 Å². The zero-order valence-electron chi connectivity index (χ0n) is 36.1. The Morgan fingerprint density at radius 2 is 1.69 bits per heavy atom. The summed E-state index contributed by atoms with van der Waals surface area (Å²) >= 11 is 8.05. The van der Waals surface area contributed by atoms with Gasteiger partial charge in [-0.05, 0) is 73.1 Å². The Kier molecular flexibility index (Phi) is 15.4. The lowest BCUT2D eigenvalue weighted by atomic mass is 9.91.